The highest BCUT2D eigenvalue weighted by molar-refractivity contribution is 6.05. The fraction of sp³-hybridized carbons (Fsp3) is 0.364. The van der Waals surface area contributed by atoms with Gasteiger partial charge < -0.3 is 15.4 Å². The Balaban J connectivity index is 2.02. The van der Waals surface area contributed by atoms with Crippen molar-refractivity contribution in [2.24, 2.45) is 5.92 Å². The van der Waals surface area contributed by atoms with Gasteiger partial charge in [-0.25, -0.2) is 0 Å². The molecule has 5 heteroatoms. The number of hydrogen-bond donors (Lipinski definition) is 2. The summed E-state index contributed by atoms with van der Waals surface area (Å²) in [7, 11) is 1.60. The Morgan fingerprint density at radius 1 is 1.00 bits per heavy atom. The standard InChI is InChI=1S/C22H28N2O3/c1-4-6-8-16(5-2)21(25)24-19-10-7-9-17(15-19)22(26)23-18-11-13-20(27-3)14-12-18/h7,9-16H,4-6,8H2,1-3H3,(H,23,26)(H,24,25)/t16-/m0/s1. The van der Waals surface area contributed by atoms with Crippen LogP contribution in [0.15, 0.2) is 48.5 Å². The molecule has 0 heterocycles. The Morgan fingerprint density at radius 2 is 1.74 bits per heavy atom. The predicted molar refractivity (Wildman–Crippen MR) is 109 cm³/mol. The average molecular weight is 368 g/mol. The molecule has 144 valence electrons. The molecule has 0 aliphatic carbocycles. The Morgan fingerprint density at radius 3 is 2.37 bits per heavy atom. The first-order valence-corrected chi connectivity index (χ1v) is 9.43. The Hall–Kier alpha value is -2.82. The van der Waals surface area contributed by atoms with Crippen LogP contribution in [0, 0.1) is 5.92 Å². The highest BCUT2D eigenvalue weighted by Crippen LogP contribution is 2.19. The first kappa shape index (κ1) is 20.5. The molecule has 2 N–H and O–H groups in total. The molecule has 0 spiro atoms. The van der Waals surface area contributed by atoms with Gasteiger partial charge in [-0.1, -0.05) is 32.8 Å². The molecule has 0 fully saturated rings. The monoisotopic (exact) mass is 368 g/mol. The van der Waals surface area contributed by atoms with Gasteiger partial charge in [0.1, 0.15) is 5.75 Å². The molecule has 2 aromatic rings. The van der Waals surface area contributed by atoms with Crippen molar-refractivity contribution in [2.45, 2.75) is 39.5 Å². The summed E-state index contributed by atoms with van der Waals surface area (Å²) in [5.74, 6) is 0.515. The first-order chi connectivity index (χ1) is 13.1. The molecule has 2 amide bonds. The van der Waals surface area contributed by atoms with Crippen molar-refractivity contribution < 1.29 is 14.3 Å². The molecule has 1 atom stereocenters. The van der Waals surface area contributed by atoms with Gasteiger partial charge in [0.15, 0.2) is 0 Å². The third-order valence-corrected chi connectivity index (χ3v) is 4.51. The van der Waals surface area contributed by atoms with Gasteiger partial charge in [0.2, 0.25) is 5.91 Å². The molecular formula is C22H28N2O3. The lowest BCUT2D eigenvalue weighted by Crippen LogP contribution is -2.22. The van der Waals surface area contributed by atoms with Crippen LogP contribution in [-0.2, 0) is 4.79 Å². The summed E-state index contributed by atoms with van der Waals surface area (Å²) in [5.41, 5.74) is 1.81. The molecule has 0 saturated heterocycles. The van der Waals surface area contributed by atoms with Crippen LogP contribution in [0.1, 0.15) is 49.9 Å². The second kappa shape index (κ2) is 10.4. The Bertz CT molecular complexity index is 756. The predicted octanol–water partition coefficient (Wildman–Crippen LogP) is 5.10. The summed E-state index contributed by atoms with van der Waals surface area (Å²) in [5, 5.41) is 5.79. The van der Waals surface area contributed by atoms with E-state index in [4.69, 9.17) is 4.74 Å². The van der Waals surface area contributed by atoms with Crippen molar-refractivity contribution in [3.8, 4) is 5.75 Å². The number of amides is 2. The zero-order valence-corrected chi connectivity index (χ0v) is 16.2. The number of carbonyl (C=O) groups excluding carboxylic acids is 2. The number of ether oxygens (including phenoxy) is 1. The van der Waals surface area contributed by atoms with Gasteiger partial charge in [-0.3, -0.25) is 9.59 Å². The molecule has 0 aliphatic rings. The molecule has 0 bridgehead atoms. The SMILES string of the molecule is CCCC[C@H](CC)C(=O)Nc1cccc(C(=O)Nc2ccc(OC)cc2)c1. The molecular weight excluding hydrogens is 340 g/mol. The molecule has 0 unspecified atom stereocenters. The Labute approximate surface area is 161 Å². The molecule has 0 radical (unpaired) electrons. The van der Waals surface area contributed by atoms with E-state index in [1.807, 2.05) is 6.92 Å². The zero-order chi connectivity index (χ0) is 19.6. The number of carbonyl (C=O) groups is 2. The molecule has 0 aliphatic heterocycles. The summed E-state index contributed by atoms with van der Waals surface area (Å²) in [4.78, 5) is 24.9. The van der Waals surface area contributed by atoms with Gasteiger partial charge in [0.25, 0.3) is 5.91 Å². The van der Waals surface area contributed by atoms with Crippen molar-refractivity contribution in [3.63, 3.8) is 0 Å². The maximum absolute atomic E-state index is 12.5. The van der Waals surface area contributed by atoms with Crippen LogP contribution in [0.25, 0.3) is 0 Å². The summed E-state index contributed by atoms with van der Waals surface area (Å²) in [6.07, 6.45) is 3.81. The topological polar surface area (TPSA) is 67.4 Å². The van der Waals surface area contributed by atoms with Gasteiger partial charge in [0.05, 0.1) is 7.11 Å². The number of nitrogens with one attached hydrogen (secondary N) is 2. The number of benzene rings is 2. The zero-order valence-electron chi connectivity index (χ0n) is 16.2. The highest BCUT2D eigenvalue weighted by Gasteiger charge is 2.16. The number of hydrogen-bond acceptors (Lipinski definition) is 3. The normalized spacial score (nSPS) is 11.5. The summed E-state index contributed by atoms with van der Waals surface area (Å²) < 4.78 is 5.11. The fourth-order valence-corrected chi connectivity index (χ4v) is 2.83. The van der Waals surface area contributed by atoms with Crippen LogP contribution in [0.3, 0.4) is 0 Å². The molecule has 2 rings (SSSR count). The lowest BCUT2D eigenvalue weighted by atomic mass is 9.98. The summed E-state index contributed by atoms with van der Waals surface area (Å²) >= 11 is 0. The van der Waals surface area contributed by atoms with Crippen LogP contribution >= 0.6 is 0 Å². The number of methoxy groups -OCH3 is 1. The van der Waals surface area contributed by atoms with E-state index < -0.39 is 0 Å². The van der Waals surface area contributed by atoms with E-state index in [-0.39, 0.29) is 17.7 Å². The van der Waals surface area contributed by atoms with Crippen LogP contribution in [0.2, 0.25) is 0 Å². The van der Waals surface area contributed by atoms with Gasteiger partial charge >= 0.3 is 0 Å². The quantitative estimate of drug-likeness (QED) is 0.647. The van der Waals surface area contributed by atoms with Gasteiger partial charge in [0, 0.05) is 22.9 Å². The van der Waals surface area contributed by atoms with Gasteiger partial charge in [-0.05, 0) is 55.3 Å². The smallest absolute Gasteiger partial charge is 0.255 e. The van der Waals surface area contributed by atoms with E-state index in [1.54, 1.807) is 55.6 Å². The number of unbranched alkanes of at least 4 members (excludes halogenated alkanes) is 1. The van der Waals surface area contributed by atoms with E-state index in [0.717, 1.165) is 31.4 Å². The van der Waals surface area contributed by atoms with E-state index >= 15 is 0 Å². The van der Waals surface area contributed by atoms with Crippen molar-refractivity contribution in [1.29, 1.82) is 0 Å². The minimum absolute atomic E-state index is 0.00160. The maximum Gasteiger partial charge on any atom is 0.255 e. The van der Waals surface area contributed by atoms with Gasteiger partial charge in [-0.15, -0.1) is 0 Å². The molecule has 0 aromatic heterocycles. The molecule has 5 nitrogen and oxygen atoms in total. The third kappa shape index (κ3) is 6.13. The van der Waals surface area contributed by atoms with Crippen molar-refractivity contribution >= 4 is 23.2 Å². The number of rotatable bonds is 9. The van der Waals surface area contributed by atoms with Crippen LogP contribution in [0.5, 0.6) is 5.75 Å². The minimum atomic E-state index is -0.228. The highest BCUT2D eigenvalue weighted by atomic mass is 16.5. The van der Waals surface area contributed by atoms with E-state index in [9.17, 15) is 9.59 Å². The second-order valence-electron chi connectivity index (χ2n) is 6.50. The van der Waals surface area contributed by atoms with Crippen molar-refractivity contribution in [1.82, 2.24) is 0 Å². The van der Waals surface area contributed by atoms with Crippen LogP contribution in [-0.4, -0.2) is 18.9 Å². The first-order valence-electron chi connectivity index (χ1n) is 9.43. The summed E-state index contributed by atoms with van der Waals surface area (Å²) in [6.45, 7) is 4.15. The van der Waals surface area contributed by atoms with E-state index in [2.05, 4.69) is 17.6 Å². The van der Waals surface area contributed by atoms with Crippen LogP contribution < -0.4 is 15.4 Å². The number of anilines is 2. The van der Waals surface area contributed by atoms with Crippen molar-refractivity contribution in [2.75, 3.05) is 17.7 Å². The Kier molecular flexibility index (Phi) is 7.86. The maximum atomic E-state index is 12.5. The lowest BCUT2D eigenvalue weighted by molar-refractivity contribution is -0.120. The third-order valence-electron chi connectivity index (χ3n) is 4.51. The second-order valence-corrected chi connectivity index (χ2v) is 6.50. The van der Waals surface area contributed by atoms with E-state index in [1.165, 1.54) is 0 Å². The van der Waals surface area contributed by atoms with E-state index in [0.29, 0.717) is 16.9 Å². The fourth-order valence-electron chi connectivity index (χ4n) is 2.83. The van der Waals surface area contributed by atoms with Crippen molar-refractivity contribution in [3.05, 3.63) is 54.1 Å². The average Bonchev–Trinajstić information content (AvgIpc) is 2.69. The molecule has 2 aromatic carbocycles. The molecule has 0 saturated carbocycles. The minimum Gasteiger partial charge on any atom is -0.497 e. The molecule has 27 heavy (non-hydrogen) atoms. The largest absolute Gasteiger partial charge is 0.497 e. The van der Waals surface area contributed by atoms with Crippen LogP contribution in [0.4, 0.5) is 11.4 Å². The van der Waals surface area contributed by atoms with Gasteiger partial charge in [-0.2, -0.15) is 0 Å². The lowest BCUT2D eigenvalue weighted by Gasteiger charge is -2.15. The summed E-state index contributed by atoms with van der Waals surface area (Å²) in [6, 6.07) is 14.1.